The number of hydrogen-bond donors (Lipinski definition) is 0. The predicted molar refractivity (Wildman–Crippen MR) is 57.1 cm³/mol. The van der Waals surface area contributed by atoms with Crippen LogP contribution < -0.4 is 4.90 Å². The van der Waals surface area contributed by atoms with E-state index in [4.69, 9.17) is 0 Å². The summed E-state index contributed by atoms with van der Waals surface area (Å²) in [6, 6.07) is 3.92. The van der Waals surface area contributed by atoms with Crippen molar-refractivity contribution in [2.75, 3.05) is 19.0 Å². The van der Waals surface area contributed by atoms with E-state index >= 15 is 0 Å². The first kappa shape index (κ1) is 8.64. The van der Waals surface area contributed by atoms with E-state index in [1.165, 1.54) is 12.8 Å². The number of nitrogens with zero attached hydrogens (tertiary/aromatic N) is 5. The molecule has 2 aromatic rings. The van der Waals surface area contributed by atoms with Crippen molar-refractivity contribution in [1.29, 1.82) is 0 Å². The first-order valence-electron chi connectivity index (χ1n) is 5.15. The van der Waals surface area contributed by atoms with Crippen molar-refractivity contribution >= 4 is 11.5 Å². The number of rotatable bonds is 2. The molecule has 0 bridgehead atoms. The van der Waals surface area contributed by atoms with Crippen LogP contribution in [-0.2, 0) is 0 Å². The zero-order chi connectivity index (χ0) is 10.4. The Balaban J connectivity index is 2.17. The molecule has 1 saturated carbocycles. The molecule has 0 N–H and O–H groups in total. The van der Waals surface area contributed by atoms with Crippen molar-refractivity contribution in [2.45, 2.75) is 18.8 Å². The summed E-state index contributed by atoms with van der Waals surface area (Å²) >= 11 is 0. The summed E-state index contributed by atoms with van der Waals surface area (Å²) in [7, 11) is 3.96. The van der Waals surface area contributed by atoms with E-state index in [2.05, 4.69) is 15.3 Å². The van der Waals surface area contributed by atoms with Gasteiger partial charge in [-0.05, 0) is 25.0 Å². The standard InChI is InChI=1S/C10H13N5/c1-14(2)9-6-5-8-11-12-10(7-3-4-7)15(8)13-9/h5-7H,3-4H2,1-2H3. The van der Waals surface area contributed by atoms with Crippen LogP contribution in [0.3, 0.4) is 0 Å². The smallest absolute Gasteiger partial charge is 0.178 e. The molecule has 3 rings (SSSR count). The maximum absolute atomic E-state index is 4.51. The topological polar surface area (TPSA) is 46.3 Å². The van der Waals surface area contributed by atoms with Crippen molar-refractivity contribution in [1.82, 2.24) is 19.8 Å². The fourth-order valence-electron chi connectivity index (χ4n) is 1.63. The van der Waals surface area contributed by atoms with Crippen LogP contribution in [0.2, 0.25) is 0 Å². The third kappa shape index (κ3) is 1.35. The second-order valence-electron chi connectivity index (χ2n) is 4.19. The molecule has 0 radical (unpaired) electrons. The van der Waals surface area contributed by atoms with E-state index in [9.17, 15) is 0 Å². The first-order valence-corrected chi connectivity index (χ1v) is 5.15. The number of fused-ring (bicyclic) bond motifs is 1. The molecule has 78 valence electrons. The predicted octanol–water partition coefficient (Wildman–Crippen LogP) is 1.07. The summed E-state index contributed by atoms with van der Waals surface area (Å²) in [4.78, 5) is 1.98. The van der Waals surface area contributed by atoms with Crippen LogP contribution in [0, 0.1) is 0 Å². The van der Waals surface area contributed by atoms with Gasteiger partial charge in [-0.3, -0.25) is 0 Å². The second-order valence-corrected chi connectivity index (χ2v) is 4.19. The Morgan fingerprint density at radius 3 is 2.73 bits per heavy atom. The summed E-state index contributed by atoms with van der Waals surface area (Å²) < 4.78 is 1.87. The van der Waals surface area contributed by atoms with Gasteiger partial charge in [0, 0.05) is 20.0 Å². The van der Waals surface area contributed by atoms with Crippen LogP contribution in [0.5, 0.6) is 0 Å². The van der Waals surface area contributed by atoms with Crippen LogP contribution in [0.1, 0.15) is 24.6 Å². The van der Waals surface area contributed by atoms with E-state index in [0.717, 1.165) is 17.3 Å². The van der Waals surface area contributed by atoms with E-state index in [1.807, 2.05) is 35.6 Å². The number of aromatic nitrogens is 4. The molecular formula is C10H13N5. The first-order chi connectivity index (χ1) is 7.25. The Kier molecular flexibility index (Phi) is 1.68. The fraction of sp³-hybridized carbons (Fsp3) is 0.500. The van der Waals surface area contributed by atoms with Gasteiger partial charge in [0.1, 0.15) is 5.82 Å². The van der Waals surface area contributed by atoms with E-state index in [1.54, 1.807) is 0 Å². The lowest BCUT2D eigenvalue weighted by Crippen LogP contribution is -2.12. The van der Waals surface area contributed by atoms with Gasteiger partial charge in [0.2, 0.25) is 0 Å². The maximum atomic E-state index is 4.51. The van der Waals surface area contributed by atoms with Crippen LogP contribution in [-0.4, -0.2) is 33.9 Å². The highest BCUT2D eigenvalue weighted by molar-refractivity contribution is 5.45. The van der Waals surface area contributed by atoms with Gasteiger partial charge in [0.15, 0.2) is 11.5 Å². The summed E-state index contributed by atoms with van der Waals surface area (Å²) in [5.41, 5.74) is 0.836. The minimum absolute atomic E-state index is 0.574. The highest BCUT2D eigenvalue weighted by Gasteiger charge is 2.29. The molecule has 2 heterocycles. The van der Waals surface area contributed by atoms with Crippen molar-refractivity contribution in [2.24, 2.45) is 0 Å². The van der Waals surface area contributed by atoms with Crippen LogP contribution in [0.15, 0.2) is 12.1 Å². The molecule has 2 aromatic heterocycles. The summed E-state index contributed by atoms with van der Waals surface area (Å²) in [6.45, 7) is 0. The SMILES string of the molecule is CN(C)c1ccc2nnc(C3CC3)n2n1. The quantitative estimate of drug-likeness (QED) is 0.732. The highest BCUT2D eigenvalue weighted by Crippen LogP contribution is 2.38. The molecule has 5 nitrogen and oxygen atoms in total. The van der Waals surface area contributed by atoms with Crippen LogP contribution in [0.25, 0.3) is 5.65 Å². The molecule has 5 heteroatoms. The van der Waals surface area contributed by atoms with Crippen LogP contribution >= 0.6 is 0 Å². The lowest BCUT2D eigenvalue weighted by molar-refractivity contribution is 0.806. The molecule has 15 heavy (non-hydrogen) atoms. The Labute approximate surface area is 87.7 Å². The van der Waals surface area contributed by atoms with Crippen molar-refractivity contribution in [3.8, 4) is 0 Å². The van der Waals surface area contributed by atoms with Gasteiger partial charge in [-0.2, -0.15) is 4.52 Å². The normalized spacial score (nSPS) is 15.9. The molecule has 1 fully saturated rings. The molecule has 0 unspecified atom stereocenters. The molecule has 0 aliphatic heterocycles. The largest absolute Gasteiger partial charge is 0.361 e. The molecule has 1 aliphatic carbocycles. The van der Waals surface area contributed by atoms with E-state index in [0.29, 0.717) is 5.92 Å². The van der Waals surface area contributed by atoms with E-state index in [-0.39, 0.29) is 0 Å². The van der Waals surface area contributed by atoms with Crippen molar-refractivity contribution in [3.63, 3.8) is 0 Å². The van der Waals surface area contributed by atoms with Gasteiger partial charge in [0.25, 0.3) is 0 Å². The summed E-state index contributed by atoms with van der Waals surface area (Å²) in [6.07, 6.45) is 2.43. The highest BCUT2D eigenvalue weighted by atomic mass is 15.4. The zero-order valence-electron chi connectivity index (χ0n) is 8.88. The van der Waals surface area contributed by atoms with Crippen molar-refractivity contribution in [3.05, 3.63) is 18.0 Å². The lowest BCUT2D eigenvalue weighted by atomic mass is 10.4. The Morgan fingerprint density at radius 1 is 1.27 bits per heavy atom. The van der Waals surface area contributed by atoms with E-state index < -0.39 is 0 Å². The molecule has 0 aromatic carbocycles. The molecular weight excluding hydrogens is 190 g/mol. The number of anilines is 1. The Bertz CT molecular complexity index is 497. The van der Waals surface area contributed by atoms with Gasteiger partial charge >= 0.3 is 0 Å². The minimum Gasteiger partial charge on any atom is -0.361 e. The molecule has 1 aliphatic rings. The summed E-state index contributed by atoms with van der Waals surface area (Å²) in [5.74, 6) is 2.52. The van der Waals surface area contributed by atoms with Gasteiger partial charge in [-0.15, -0.1) is 15.3 Å². The Hall–Kier alpha value is -1.65. The Morgan fingerprint density at radius 2 is 2.07 bits per heavy atom. The molecule has 0 saturated heterocycles. The minimum atomic E-state index is 0.574. The van der Waals surface area contributed by atoms with Gasteiger partial charge in [-0.1, -0.05) is 0 Å². The zero-order valence-corrected chi connectivity index (χ0v) is 8.88. The molecule has 0 amide bonds. The van der Waals surface area contributed by atoms with Gasteiger partial charge < -0.3 is 4.90 Å². The summed E-state index contributed by atoms with van der Waals surface area (Å²) in [5, 5.41) is 12.8. The van der Waals surface area contributed by atoms with Crippen molar-refractivity contribution < 1.29 is 0 Å². The average molecular weight is 203 g/mol. The van der Waals surface area contributed by atoms with Gasteiger partial charge in [-0.25, -0.2) is 0 Å². The van der Waals surface area contributed by atoms with Gasteiger partial charge in [0.05, 0.1) is 0 Å². The average Bonchev–Trinajstić information content (AvgIpc) is 2.98. The van der Waals surface area contributed by atoms with Crippen LogP contribution in [0.4, 0.5) is 5.82 Å². The lowest BCUT2D eigenvalue weighted by Gasteiger charge is -2.10. The molecule has 0 spiro atoms. The molecule has 0 atom stereocenters. The second kappa shape index (κ2) is 2.92. The number of hydrogen-bond acceptors (Lipinski definition) is 4. The third-order valence-electron chi connectivity index (χ3n) is 2.67. The maximum Gasteiger partial charge on any atom is 0.178 e. The third-order valence-corrected chi connectivity index (χ3v) is 2.67. The monoisotopic (exact) mass is 203 g/mol. The fourth-order valence-corrected chi connectivity index (χ4v) is 1.63.